The van der Waals surface area contributed by atoms with E-state index in [1.54, 1.807) is 22.7 Å². The predicted octanol–water partition coefficient (Wildman–Crippen LogP) is 1.88. The van der Waals surface area contributed by atoms with Crippen LogP contribution in [0, 0.1) is 5.82 Å². The van der Waals surface area contributed by atoms with Crippen LogP contribution in [0.4, 0.5) is 27.5 Å². The molecule has 1 aromatic carbocycles. The van der Waals surface area contributed by atoms with Crippen molar-refractivity contribution >= 4 is 45.7 Å². The third-order valence-corrected chi connectivity index (χ3v) is 6.18. The molecule has 0 spiro atoms. The van der Waals surface area contributed by atoms with Crippen molar-refractivity contribution in [1.82, 2.24) is 24.6 Å². The smallest absolute Gasteiger partial charge is 0.262 e. The van der Waals surface area contributed by atoms with Gasteiger partial charge in [-0.2, -0.15) is 5.10 Å². The maximum absolute atomic E-state index is 15.1. The van der Waals surface area contributed by atoms with E-state index in [0.717, 1.165) is 10.6 Å². The van der Waals surface area contributed by atoms with Gasteiger partial charge in [-0.3, -0.25) is 24.0 Å². The van der Waals surface area contributed by atoms with E-state index in [9.17, 15) is 14.4 Å². The molecule has 0 unspecified atom stereocenters. The number of carbonyl (C=O) groups excluding carboxylic acids is 2. The largest absolute Gasteiger partial charge is 0.396 e. The Morgan fingerprint density at radius 1 is 1.22 bits per heavy atom. The minimum atomic E-state index is -0.868. The summed E-state index contributed by atoms with van der Waals surface area (Å²) in [6.07, 6.45) is 2.09. The Hall–Kier alpha value is -4.74. The van der Waals surface area contributed by atoms with E-state index in [0.29, 0.717) is 35.4 Å². The minimum absolute atomic E-state index is 0.0218. The van der Waals surface area contributed by atoms with Gasteiger partial charge in [0.1, 0.15) is 18.2 Å². The Bertz CT molecular complexity index is 1580. The first-order valence-corrected chi connectivity index (χ1v) is 11.1. The molecule has 0 atom stereocenters. The summed E-state index contributed by atoms with van der Waals surface area (Å²) < 4.78 is 16.7. The van der Waals surface area contributed by atoms with Crippen LogP contribution in [0.2, 0.25) is 0 Å². The second kappa shape index (κ2) is 8.80. The zero-order valence-corrected chi connectivity index (χ0v) is 19.6. The van der Waals surface area contributed by atoms with E-state index in [4.69, 9.17) is 5.73 Å². The quantitative estimate of drug-likeness (QED) is 0.371. The summed E-state index contributed by atoms with van der Waals surface area (Å²) in [5.74, 6) is -0.439. The highest BCUT2D eigenvalue weighted by molar-refractivity contribution is 6.09. The summed E-state index contributed by atoms with van der Waals surface area (Å²) in [6, 6.07) is 9.22. The number of hydrogen-bond acceptors (Lipinski definition) is 7. The van der Waals surface area contributed by atoms with Crippen molar-refractivity contribution in [2.75, 3.05) is 36.6 Å². The minimum Gasteiger partial charge on any atom is -0.396 e. The van der Waals surface area contributed by atoms with Crippen LogP contribution in [0.1, 0.15) is 16.1 Å². The first-order valence-electron chi connectivity index (χ1n) is 11.1. The third kappa shape index (κ3) is 4.13. The van der Waals surface area contributed by atoms with Gasteiger partial charge in [0.05, 0.1) is 11.3 Å². The first kappa shape index (κ1) is 23.0. The van der Waals surface area contributed by atoms with Crippen molar-refractivity contribution in [3.63, 3.8) is 0 Å². The molecule has 4 N–H and O–H groups in total. The number of carbonyl (C=O) groups is 2. The van der Waals surface area contributed by atoms with E-state index < -0.39 is 11.7 Å². The van der Waals surface area contributed by atoms with Gasteiger partial charge < -0.3 is 20.9 Å². The molecule has 0 radical (unpaired) electrons. The molecule has 1 aliphatic rings. The lowest BCUT2D eigenvalue weighted by molar-refractivity contribution is -0.130. The Labute approximate surface area is 204 Å². The normalized spacial score (nSPS) is 13.4. The van der Waals surface area contributed by atoms with Gasteiger partial charge in [0.15, 0.2) is 11.6 Å². The van der Waals surface area contributed by atoms with Crippen LogP contribution in [0.3, 0.4) is 0 Å². The summed E-state index contributed by atoms with van der Waals surface area (Å²) in [4.78, 5) is 46.5. The molecule has 3 aromatic heterocycles. The molecule has 0 saturated carbocycles. The van der Waals surface area contributed by atoms with Crippen molar-refractivity contribution in [1.29, 1.82) is 0 Å². The number of pyridine rings is 2. The Morgan fingerprint density at radius 2 is 2.03 bits per heavy atom. The fourth-order valence-electron chi connectivity index (χ4n) is 4.09. The zero-order chi connectivity index (χ0) is 25.6. The highest BCUT2D eigenvalue weighted by Crippen LogP contribution is 2.30. The van der Waals surface area contributed by atoms with Gasteiger partial charge in [0, 0.05) is 56.5 Å². The summed E-state index contributed by atoms with van der Waals surface area (Å²) in [5, 5.41) is 8.39. The highest BCUT2D eigenvalue weighted by Gasteiger charge is 2.23. The monoisotopic (exact) mass is 490 g/mol. The average molecular weight is 490 g/mol. The molecule has 4 heterocycles. The molecular formula is C24H23FN8O3. The Kier molecular flexibility index (Phi) is 5.63. The number of likely N-dealkylation sites (N-methyl/N-ethyl adjacent to an activating group) is 1. The molecule has 4 aromatic rings. The van der Waals surface area contributed by atoms with Crippen LogP contribution in [0.5, 0.6) is 0 Å². The summed E-state index contributed by atoms with van der Waals surface area (Å²) >= 11 is 0. The molecule has 11 nitrogen and oxygen atoms in total. The van der Waals surface area contributed by atoms with Gasteiger partial charge in [-0.1, -0.05) is 6.07 Å². The molecule has 0 bridgehead atoms. The second-order valence-corrected chi connectivity index (χ2v) is 8.58. The van der Waals surface area contributed by atoms with Crippen molar-refractivity contribution in [2.24, 2.45) is 0 Å². The van der Waals surface area contributed by atoms with Gasteiger partial charge in [0.25, 0.3) is 5.91 Å². The molecule has 0 aliphatic carbocycles. The number of nitrogens with two attached hydrogens (primary N) is 1. The number of nitrogens with zero attached hydrogens (tertiary/aromatic N) is 5. The molecular weight excluding hydrogens is 467 g/mol. The van der Waals surface area contributed by atoms with Crippen LogP contribution >= 0.6 is 0 Å². The molecule has 184 valence electrons. The van der Waals surface area contributed by atoms with Crippen molar-refractivity contribution in [3.05, 3.63) is 70.0 Å². The van der Waals surface area contributed by atoms with Gasteiger partial charge >= 0.3 is 0 Å². The topological polar surface area (TPSA) is 142 Å². The number of halogens is 1. The van der Waals surface area contributed by atoms with E-state index in [-0.39, 0.29) is 35.1 Å². The van der Waals surface area contributed by atoms with Crippen molar-refractivity contribution in [3.8, 4) is 0 Å². The molecule has 12 heteroatoms. The van der Waals surface area contributed by atoms with Crippen LogP contribution in [0.25, 0.3) is 10.8 Å². The number of nitrogen functional groups attached to an aromatic ring is 1. The van der Waals surface area contributed by atoms with Crippen LogP contribution < -0.4 is 21.5 Å². The molecule has 1 aliphatic heterocycles. The van der Waals surface area contributed by atoms with E-state index in [1.807, 2.05) is 6.07 Å². The predicted molar refractivity (Wildman–Crippen MR) is 133 cm³/mol. The lowest BCUT2D eigenvalue weighted by Crippen LogP contribution is -2.29. The summed E-state index contributed by atoms with van der Waals surface area (Å²) in [5.41, 5.74) is 6.08. The van der Waals surface area contributed by atoms with E-state index in [2.05, 4.69) is 20.4 Å². The fraction of sp³-hybridized carbons (Fsp3) is 0.208. The third-order valence-electron chi connectivity index (χ3n) is 6.18. The van der Waals surface area contributed by atoms with E-state index >= 15 is 4.39 Å². The molecule has 0 fully saturated rings. The number of H-pyrrole nitrogens is 1. The molecule has 5 rings (SSSR count). The lowest BCUT2D eigenvalue weighted by Gasteiger charge is -2.18. The Balaban J connectivity index is 1.46. The number of rotatable bonds is 4. The zero-order valence-electron chi connectivity index (χ0n) is 19.6. The number of aromatic nitrogens is 4. The number of fused-ring (bicyclic) bond motifs is 2. The fourth-order valence-corrected chi connectivity index (χ4v) is 4.09. The summed E-state index contributed by atoms with van der Waals surface area (Å²) in [7, 11) is 3.19. The highest BCUT2D eigenvalue weighted by atomic mass is 19.1. The van der Waals surface area contributed by atoms with Gasteiger partial charge in [-0.05, 0) is 23.6 Å². The number of benzene rings is 1. The maximum atomic E-state index is 15.1. The van der Waals surface area contributed by atoms with Crippen LogP contribution in [-0.4, -0.2) is 57.1 Å². The van der Waals surface area contributed by atoms with Crippen LogP contribution in [-0.2, 0) is 17.8 Å². The average Bonchev–Trinajstić information content (AvgIpc) is 3.18. The molecule has 0 saturated heterocycles. The first-order chi connectivity index (χ1) is 17.2. The number of nitrogens with one attached hydrogen (secondary N) is 2. The van der Waals surface area contributed by atoms with Gasteiger partial charge in [-0.15, -0.1) is 0 Å². The summed E-state index contributed by atoms with van der Waals surface area (Å²) in [6.45, 7) is 0.755. The molecule has 36 heavy (non-hydrogen) atoms. The Morgan fingerprint density at radius 3 is 2.81 bits per heavy atom. The molecule has 2 amide bonds. The SMILES string of the molecule is CN1CCc2cc(Nc3cc4cc(C(=O)N(C)c5cccc(=O)[nH]5)c(F)c(N)c4cn3)nn2CC1=O. The number of anilines is 4. The van der Waals surface area contributed by atoms with Gasteiger partial charge in [-0.25, -0.2) is 9.37 Å². The maximum Gasteiger partial charge on any atom is 0.262 e. The standard InChI is InChI=1S/C24H23FN8O3/c1-31-7-6-14-10-18(30-33(14)12-21(31)35)28-17-9-13-8-15(22(25)23(26)16(13)11-27-17)24(36)32(2)19-4-3-5-20(34)29-19/h3-5,8-11H,6-7,12,26H2,1-2H3,(H,29,34)(H,27,28,30). The number of amides is 2. The number of hydrogen-bond donors (Lipinski definition) is 3. The lowest BCUT2D eigenvalue weighted by atomic mass is 10.0. The van der Waals surface area contributed by atoms with Crippen molar-refractivity contribution in [2.45, 2.75) is 13.0 Å². The van der Waals surface area contributed by atoms with Crippen molar-refractivity contribution < 1.29 is 14.0 Å². The second-order valence-electron chi connectivity index (χ2n) is 8.58. The number of aromatic amines is 1. The van der Waals surface area contributed by atoms with E-state index in [1.165, 1.54) is 37.5 Å². The van der Waals surface area contributed by atoms with Gasteiger partial charge in [0.2, 0.25) is 11.5 Å². The van der Waals surface area contributed by atoms with Crippen LogP contribution in [0.15, 0.2) is 47.4 Å².